The van der Waals surface area contributed by atoms with E-state index in [9.17, 15) is 14.4 Å². The van der Waals surface area contributed by atoms with E-state index in [-0.39, 0.29) is 24.3 Å². The van der Waals surface area contributed by atoms with Gasteiger partial charge in [-0.25, -0.2) is 0 Å². The lowest BCUT2D eigenvalue weighted by Gasteiger charge is -2.43. The van der Waals surface area contributed by atoms with E-state index >= 15 is 0 Å². The van der Waals surface area contributed by atoms with Crippen LogP contribution < -0.4 is 4.90 Å². The summed E-state index contributed by atoms with van der Waals surface area (Å²) in [5.74, 6) is -0.311. The molecule has 0 atom stereocenters. The molecule has 0 aliphatic carbocycles. The van der Waals surface area contributed by atoms with Crippen LogP contribution in [-0.4, -0.2) is 90.6 Å². The summed E-state index contributed by atoms with van der Waals surface area (Å²) in [7, 11) is 0. The minimum absolute atomic E-state index is 0.0347. The van der Waals surface area contributed by atoms with Crippen LogP contribution in [0.15, 0.2) is 48.5 Å². The van der Waals surface area contributed by atoms with Gasteiger partial charge in [0.05, 0.1) is 30.5 Å². The van der Waals surface area contributed by atoms with Gasteiger partial charge in [0.2, 0.25) is 5.91 Å². The van der Waals surface area contributed by atoms with Crippen molar-refractivity contribution < 1.29 is 19.1 Å². The summed E-state index contributed by atoms with van der Waals surface area (Å²) in [5.41, 5.74) is 0.507. The number of halogens is 2. The van der Waals surface area contributed by atoms with Crippen molar-refractivity contribution in [2.24, 2.45) is 0 Å². The number of nitrogens with zero attached hydrogens (tertiary/aromatic N) is 4. The molecular weight excluding hydrogens is 503 g/mol. The maximum Gasteiger partial charge on any atom is 0.255 e. The first kappa shape index (κ1) is 24.9. The highest BCUT2D eigenvalue weighted by molar-refractivity contribution is 6.36. The summed E-state index contributed by atoms with van der Waals surface area (Å²) in [4.78, 5) is 47.2. The van der Waals surface area contributed by atoms with Crippen LogP contribution in [0.25, 0.3) is 0 Å². The summed E-state index contributed by atoms with van der Waals surface area (Å²) in [6.07, 6.45) is 0.917. The van der Waals surface area contributed by atoms with Crippen LogP contribution in [-0.2, 0) is 14.3 Å². The lowest BCUT2D eigenvalue weighted by atomic mass is 9.85. The SMILES string of the molecule is O=C(CN1CN(c2ccccc2)C2(CCN(C(=O)c3ccc(Cl)cc3Cl)CC2)C1=O)N1CCOCC1. The van der Waals surface area contributed by atoms with Gasteiger partial charge in [0.15, 0.2) is 0 Å². The molecule has 0 radical (unpaired) electrons. The molecule has 0 saturated carbocycles. The summed E-state index contributed by atoms with van der Waals surface area (Å²) in [6.45, 7) is 3.28. The van der Waals surface area contributed by atoms with Crippen LogP contribution in [0.4, 0.5) is 5.69 Å². The van der Waals surface area contributed by atoms with Crippen molar-refractivity contribution in [3.8, 4) is 0 Å². The fourth-order valence-corrected chi connectivity index (χ4v) is 5.80. The number of amides is 3. The van der Waals surface area contributed by atoms with E-state index in [1.165, 1.54) is 0 Å². The standard InChI is InChI=1S/C26H28Cl2N4O4/c27-19-6-7-21(22(28)16-19)24(34)30-10-8-26(9-11-30)25(35)31(17-23(33)29-12-14-36-15-13-29)18-32(26)20-4-2-1-3-5-20/h1-7,16H,8-15,17-18H2. The molecule has 36 heavy (non-hydrogen) atoms. The lowest BCUT2D eigenvalue weighted by Crippen LogP contribution is -2.57. The van der Waals surface area contributed by atoms with Gasteiger partial charge in [-0.3, -0.25) is 14.4 Å². The van der Waals surface area contributed by atoms with Crippen LogP contribution in [0.3, 0.4) is 0 Å². The maximum absolute atomic E-state index is 13.9. The second-order valence-corrected chi connectivity index (χ2v) is 10.2. The number of benzene rings is 2. The second-order valence-electron chi connectivity index (χ2n) is 9.35. The van der Waals surface area contributed by atoms with Crippen LogP contribution >= 0.6 is 23.2 Å². The monoisotopic (exact) mass is 530 g/mol. The maximum atomic E-state index is 13.9. The van der Waals surface area contributed by atoms with Gasteiger partial charge in [0, 0.05) is 36.9 Å². The third-order valence-electron chi connectivity index (χ3n) is 7.31. The average molecular weight is 531 g/mol. The molecule has 2 aromatic carbocycles. The number of carbonyl (C=O) groups excluding carboxylic acids is 3. The van der Waals surface area contributed by atoms with Crippen LogP contribution in [0.1, 0.15) is 23.2 Å². The van der Waals surface area contributed by atoms with Gasteiger partial charge >= 0.3 is 0 Å². The van der Waals surface area contributed by atoms with E-state index in [1.54, 1.807) is 32.9 Å². The Morgan fingerprint density at radius 3 is 2.28 bits per heavy atom. The molecule has 0 bridgehead atoms. The number of likely N-dealkylation sites (tertiary alicyclic amines) is 1. The first-order valence-electron chi connectivity index (χ1n) is 12.1. The van der Waals surface area contributed by atoms with Crippen molar-refractivity contribution in [2.75, 3.05) is 57.5 Å². The first-order valence-corrected chi connectivity index (χ1v) is 12.9. The highest BCUT2D eigenvalue weighted by atomic mass is 35.5. The summed E-state index contributed by atoms with van der Waals surface area (Å²) < 4.78 is 5.35. The quantitative estimate of drug-likeness (QED) is 0.607. The van der Waals surface area contributed by atoms with Crippen molar-refractivity contribution in [2.45, 2.75) is 18.4 Å². The van der Waals surface area contributed by atoms with Gasteiger partial charge < -0.3 is 24.3 Å². The van der Waals surface area contributed by atoms with E-state index in [4.69, 9.17) is 27.9 Å². The van der Waals surface area contributed by atoms with E-state index < -0.39 is 5.54 Å². The fraction of sp³-hybridized carbons (Fsp3) is 0.423. The first-order chi connectivity index (χ1) is 17.4. The third-order valence-corrected chi connectivity index (χ3v) is 7.86. The Hall–Kier alpha value is -2.81. The molecule has 0 aromatic heterocycles. The number of carbonyl (C=O) groups is 3. The van der Waals surface area contributed by atoms with Crippen LogP contribution in [0.2, 0.25) is 10.0 Å². The van der Waals surface area contributed by atoms with Crippen molar-refractivity contribution in [3.05, 3.63) is 64.1 Å². The number of ether oxygens (including phenoxy) is 1. The zero-order valence-electron chi connectivity index (χ0n) is 19.9. The molecule has 0 N–H and O–H groups in total. The molecule has 3 aliphatic heterocycles. The van der Waals surface area contributed by atoms with E-state index in [2.05, 4.69) is 4.90 Å². The molecule has 8 nitrogen and oxygen atoms in total. The van der Waals surface area contributed by atoms with Crippen molar-refractivity contribution in [3.63, 3.8) is 0 Å². The second kappa shape index (κ2) is 10.3. The van der Waals surface area contributed by atoms with E-state index in [0.29, 0.717) is 74.5 Å². The molecule has 3 amide bonds. The molecule has 1 spiro atoms. The molecule has 3 aliphatic rings. The Labute approximate surface area is 220 Å². The Kier molecular flexibility index (Phi) is 7.10. The van der Waals surface area contributed by atoms with Gasteiger partial charge in [-0.2, -0.15) is 0 Å². The predicted octanol–water partition coefficient (Wildman–Crippen LogP) is 3.13. The zero-order chi connectivity index (χ0) is 25.3. The van der Waals surface area contributed by atoms with Gasteiger partial charge in [0.25, 0.3) is 11.8 Å². The highest BCUT2D eigenvalue weighted by Crippen LogP contribution is 2.40. The molecule has 3 heterocycles. The molecule has 3 fully saturated rings. The molecule has 10 heteroatoms. The summed E-state index contributed by atoms with van der Waals surface area (Å²) >= 11 is 12.3. The van der Waals surface area contributed by atoms with E-state index in [1.807, 2.05) is 30.3 Å². The van der Waals surface area contributed by atoms with Gasteiger partial charge in [0.1, 0.15) is 12.1 Å². The average Bonchev–Trinajstić information content (AvgIpc) is 3.16. The predicted molar refractivity (Wildman–Crippen MR) is 137 cm³/mol. The Balaban J connectivity index is 1.35. The van der Waals surface area contributed by atoms with Gasteiger partial charge in [-0.05, 0) is 43.2 Å². The van der Waals surface area contributed by atoms with Crippen molar-refractivity contribution in [1.29, 1.82) is 0 Å². The minimum atomic E-state index is -0.812. The zero-order valence-corrected chi connectivity index (χ0v) is 21.4. The molecule has 2 aromatic rings. The molecule has 3 saturated heterocycles. The van der Waals surface area contributed by atoms with Crippen molar-refractivity contribution in [1.82, 2.24) is 14.7 Å². The molecule has 190 valence electrons. The van der Waals surface area contributed by atoms with Crippen LogP contribution in [0, 0.1) is 0 Å². The number of para-hydroxylation sites is 1. The van der Waals surface area contributed by atoms with Crippen LogP contribution in [0.5, 0.6) is 0 Å². The smallest absolute Gasteiger partial charge is 0.255 e. The summed E-state index contributed by atoms with van der Waals surface area (Å²) in [6, 6.07) is 14.6. The molecular formula is C26H28Cl2N4O4. The Morgan fingerprint density at radius 1 is 0.917 bits per heavy atom. The lowest BCUT2D eigenvalue weighted by molar-refractivity contribution is -0.143. The normalized spacial score (nSPS) is 19.8. The number of piperidine rings is 1. The third kappa shape index (κ3) is 4.65. The van der Waals surface area contributed by atoms with Gasteiger partial charge in [-0.1, -0.05) is 41.4 Å². The minimum Gasteiger partial charge on any atom is -0.378 e. The van der Waals surface area contributed by atoms with Crippen molar-refractivity contribution >= 4 is 46.6 Å². The number of hydrogen-bond donors (Lipinski definition) is 0. The number of anilines is 1. The van der Waals surface area contributed by atoms with E-state index in [0.717, 1.165) is 5.69 Å². The van der Waals surface area contributed by atoms with Gasteiger partial charge in [-0.15, -0.1) is 0 Å². The molecule has 0 unspecified atom stereocenters. The Morgan fingerprint density at radius 2 is 1.61 bits per heavy atom. The Bertz CT molecular complexity index is 1150. The largest absolute Gasteiger partial charge is 0.378 e. The summed E-state index contributed by atoms with van der Waals surface area (Å²) in [5, 5.41) is 0.777. The topological polar surface area (TPSA) is 73.4 Å². The highest BCUT2D eigenvalue weighted by Gasteiger charge is 2.54. The number of morpholine rings is 1. The number of rotatable bonds is 4. The fourth-order valence-electron chi connectivity index (χ4n) is 5.31. The number of hydrogen-bond acceptors (Lipinski definition) is 5. The molecule has 5 rings (SSSR count).